The standard InChI is InChI=1S/C15H23N5/c1-10-8-16-15(17-10)14-6-5-7-20(14)9-13-11(2)18-19(4)12(13)3/h8,14H,5-7,9H2,1-4H3,(H,16,17)/t14-/m0/s1. The molecule has 1 aliphatic heterocycles. The number of H-pyrrole nitrogens is 1. The van der Waals surface area contributed by atoms with Crippen molar-refractivity contribution in [3.8, 4) is 0 Å². The topological polar surface area (TPSA) is 49.7 Å². The Kier molecular flexibility index (Phi) is 3.38. The molecule has 0 bridgehead atoms. The first-order valence-corrected chi connectivity index (χ1v) is 7.31. The maximum atomic E-state index is 4.52. The molecule has 0 spiro atoms. The van der Waals surface area contributed by atoms with Crippen molar-refractivity contribution in [1.29, 1.82) is 0 Å². The average Bonchev–Trinajstić information content (AvgIpc) is 3.07. The number of imidazole rings is 1. The van der Waals surface area contributed by atoms with Crippen molar-refractivity contribution < 1.29 is 0 Å². The van der Waals surface area contributed by atoms with Gasteiger partial charge in [0.25, 0.3) is 0 Å². The summed E-state index contributed by atoms with van der Waals surface area (Å²) in [5, 5.41) is 4.52. The van der Waals surface area contributed by atoms with E-state index in [4.69, 9.17) is 0 Å². The Bertz CT molecular complexity index is 610. The van der Waals surface area contributed by atoms with Crippen LogP contribution in [0.25, 0.3) is 0 Å². The molecular weight excluding hydrogens is 250 g/mol. The van der Waals surface area contributed by atoms with Gasteiger partial charge >= 0.3 is 0 Å². The van der Waals surface area contributed by atoms with E-state index in [0.29, 0.717) is 6.04 Å². The van der Waals surface area contributed by atoms with Gasteiger partial charge in [-0.2, -0.15) is 5.10 Å². The maximum absolute atomic E-state index is 4.52. The van der Waals surface area contributed by atoms with Gasteiger partial charge in [0.1, 0.15) is 5.82 Å². The number of aromatic amines is 1. The summed E-state index contributed by atoms with van der Waals surface area (Å²) in [5.74, 6) is 1.11. The molecule has 1 saturated heterocycles. The molecule has 1 aliphatic rings. The first-order valence-electron chi connectivity index (χ1n) is 7.31. The van der Waals surface area contributed by atoms with E-state index in [1.54, 1.807) is 0 Å². The molecule has 3 heterocycles. The highest BCUT2D eigenvalue weighted by Gasteiger charge is 2.29. The van der Waals surface area contributed by atoms with Crippen molar-refractivity contribution in [2.24, 2.45) is 7.05 Å². The molecule has 1 fully saturated rings. The smallest absolute Gasteiger partial charge is 0.123 e. The lowest BCUT2D eigenvalue weighted by Crippen LogP contribution is -2.24. The summed E-state index contributed by atoms with van der Waals surface area (Å²) < 4.78 is 1.98. The maximum Gasteiger partial charge on any atom is 0.123 e. The lowest BCUT2D eigenvalue weighted by Gasteiger charge is -2.23. The largest absolute Gasteiger partial charge is 0.345 e. The molecule has 0 radical (unpaired) electrons. The lowest BCUT2D eigenvalue weighted by molar-refractivity contribution is 0.240. The molecule has 5 heteroatoms. The second-order valence-electron chi connectivity index (χ2n) is 5.85. The molecule has 0 saturated carbocycles. The Morgan fingerprint density at radius 1 is 1.35 bits per heavy atom. The van der Waals surface area contributed by atoms with Gasteiger partial charge in [-0.3, -0.25) is 9.58 Å². The lowest BCUT2D eigenvalue weighted by atomic mass is 10.1. The van der Waals surface area contributed by atoms with Crippen molar-refractivity contribution in [1.82, 2.24) is 24.6 Å². The highest BCUT2D eigenvalue weighted by molar-refractivity contribution is 5.24. The molecule has 3 rings (SSSR count). The first-order chi connectivity index (χ1) is 9.56. The Balaban J connectivity index is 1.82. The minimum Gasteiger partial charge on any atom is -0.345 e. The molecule has 2 aromatic rings. The summed E-state index contributed by atoms with van der Waals surface area (Å²) in [6, 6.07) is 0.419. The van der Waals surface area contributed by atoms with Crippen molar-refractivity contribution in [3.05, 3.63) is 34.7 Å². The Morgan fingerprint density at radius 3 is 2.75 bits per heavy atom. The third-order valence-electron chi connectivity index (χ3n) is 4.42. The fraction of sp³-hybridized carbons (Fsp3) is 0.600. The van der Waals surface area contributed by atoms with Crippen LogP contribution in [0.3, 0.4) is 0 Å². The minimum atomic E-state index is 0.419. The minimum absolute atomic E-state index is 0.419. The number of hydrogen-bond donors (Lipinski definition) is 1. The molecule has 0 unspecified atom stereocenters. The Morgan fingerprint density at radius 2 is 2.15 bits per heavy atom. The number of hydrogen-bond acceptors (Lipinski definition) is 3. The van der Waals surface area contributed by atoms with Crippen molar-refractivity contribution in [2.75, 3.05) is 6.54 Å². The van der Waals surface area contributed by atoms with Gasteiger partial charge in [-0.05, 0) is 40.2 Å². The summed E-state index contributed by atoms with van der Waals surface area (Å²) in [6.45, 7) is 8.42. The van der Waals surface area contributed by atoms with Crippen LogP contribution in [0.5, 0.6) is 0 Å². The van der Waals surface area contributed by atoms with Gasteiger partial charge in [0.2, 0.25) is 0 Å². The number of aryl methyl sites for hydroxylation is 3. The van der Waals surface area contributed by atoms with Crippen LogP contribution in [-0.4, -0.2) is 31.2 Å². The second-order valence-corrected chi connectivity index (χ2v) is 5.85. The van der Waals surface area contributed by atoms with E-state index in [9.17, 15) is 0 Å². The van der Waals surface area contributed by atoms with Crippen molar-refractivity contribution in [2.45, 2.75) is 46.2 Å². The van der Waals surface area contributed by atoms with Gasteiger partial charge in [-0.25, -0.2) is 4.98 Å². The summed E-state index contributed by atoms with van der Waals surface area (Å²) in [6.07, 6.45) is 4.35. The molecule has 5 nitrogen and oxygen atoms in total. The number of nitrogens with one attached hydrogen (secondary N) is 1. The van der Waals surface area contributed by atoms with Crippen LogP contribution in [0.4, 0.5) is 0 Å². The van der Waals surface area contributed by atoms with Crippen molar-refractivity contribution in [3.63, 3.8) is 0 Å². The van der Waals surface area contributed by atoms with E-state index in [0.717, 1.165) is 30.3 Å². The molecule has 0 aliphatic carbocycles. The van der Waals surface area contributed by atoms with E-state index in [-0.39, 0.29) is 0 Å². The summed E-state index contributed by atoms with van der Waals surface area (Å²) >= 11 is 0. The normalized spacial score (nSPS) is 19.9. The molecule has 1 N–H and O–H groups in total. The predicted molar refractivity (Wildman–Crippen MR) is 78.4 cm³/mol. The molecule has 108 valence electrons. The highest BCUT2D eigenvalue weighted by Crippen LogP contribution is 2.32. The number of aromatic nitrogens is 4. The quantitative estimate of drug-likeness (QED) is 0.934. The van der Waals surface area contributed by atoms with E-state index in [1.165, 1.54) is 24.1 Å². The molecule has 0 aromatic carbocycles. The van der Waals surface area contributed by atoms with Gasteiger partial charge < -0.3 is 4.98 Å². The highest BCUT2D eigenvalue weighted by atomic mass is 15.3. The monoisotopic (exact) mass is 273 g/mol. The van der Waals surface area contributed by atoms with Crippen LogP contribution < -0.4 is 0 Å². The van der Waals surface area contributed by atoms with Crippen molar-refractivity contribution >= 4 is 0 Å². The van der Waals surface area contributed by atoms with Gasteiger partial charge in [-0.15, -0.1) is 0 Å². The fourth-order valence-electron chi connectivity index (χ4n) is 3.18. The molecular formula is C15H23N5. The summed E-state index contributed by atoms with van der Waals surface area (Å²) in [7, 11) is 2.02. The first kappa shape index (κ1) is 13.4. The van der Waals surface area contributed by atoms with Crippen LogP contribution >= 0.6 is 0 Å². The SMILES string of the molecule is Cc1cnc([C@@H]2CCCN2Cc2c(C)nn(C)c2C)[nH]1. The van der Waals surface area contributed by atoms with E-state index >= 15 is 0 Å². The molecule has 0 amide bonds. The van der Waals surface area contributed by atoms with Gasteiger partial charge in [-0.1, -0.05) is 0 Å². The zero-order chi connectivity index (χ0) is 14.3. The van der Waals surface area contributed by atoms with E-state index < -0.39 is 0 Å². The zero-order valence-electron chi connectivity index (χ0n) is 12.8. The van der Waals surface area contributed by atoms with E-state index in [2.05, 4.69) is 40.7 Å². The van der Waals surface area contributed by atoms with Crippen LogP contribution in [0.2, 0.25) is 0 Å². The van der Waals surface area contributed by atoms with Gasteiger partial charge in [0, 0.05) is 36.7 Å². The molecule has 20 heavy (non-hydrogen) atoms. The van der Waals surface area contributed by atoms with E-state index in [1.807, 2.05) is 17.9 Å². The zero-order valence-corrected chi connectivity index (χ0v) is 12.8. The number of rotatable bonds is 3. The van der Waals surface area contributed by atoms with Crippen LogP contribution in [0.1, 0.15) is 47.4 Å². The second kappa shape index (κ2) is 5.05. The summed E-state index contributed by atoms with van der Waals surface area (Å²) in [5.41, 5.74) is 4.92. The third-order valence-corrected chi connectivity index (χ3v) is 4.42. The Hall–Kier alpha value is -1.62. The van der Waals surface area contributed by atoms with Gasteiger partial charge in [0.05, 0.1) is 11.7 Å². The number of nitrogens with zero attached hydrogens (tertiary/aromatic N) is 4. The third kappa shape index (κ3) is 2.26. The molecule has 1 atom stereocenters. The molecule has 2 aromatic heterocycles. The van der Waals surface area contributed by atoms with Gasteiger partial charge in [0.15, 0.2) is 0 Å². The Labute approximate surface area is 120 Å². The van der Waals surface area contributed by atoms with Crippen LogP contribution in [-0.2, 0) is 13.6 Å². The average molecular weight is 273 g/mol. The number of likely N-dealkylation sites (tertiary alicyclic amines) is 1. The van der Waals surface area contributed by atoms with Crippen LogP contribution in [0, 0.1) is 20.8 Å². The summed E-state index contributed by atoms with van der Waals surface area (Å²) in [4.78, 5) is 10.4. The van der Waals surface area contributed by atoms with Crippen LogP contribution in [0.15, 0.2) is 6.20 Å². The predicted octanol–water partition coefficient (Wildman–Crippen LogP) is 2.41. The fourth-order valence-corrected chi connectivity index (χ4v) is 3.18.